The molecule has 3 heteroatoms. The molecule has 1 unspecified atom stereocenters. The Kier molecular flexibility index (Phi) is 4.13. The second kappa shape index (κ2) is 6.04. The Bertz CT molecular complexity index is 618. The van der Waals surface area contributed by atoms with Gasteiger partial charge in [-0.1, -0.05) is 18.2 Å². The Morgan fingerprint density at radius 2 is 2.00 bits per heavy atom. The summed E-state index contributed by atoms with van der Waals surface area (Å²) in [7, 11) is 1.70. The van der Waals surface area contributed by atoms with Crippen molar-refractivity contribution in [2.75, 3.05) is 20.3 Å². The van der Waals surface area contributed by atoms with Crippen LogP contribution in [0.2, 0.25) is 0 Å². The van der Waals surface area contributed by atoms with Gasteiger partial charge < -0.3 is 14.8 Å². The molecule has 0 amide bonds. The molecule has 2 aromatic rings. The highest BCUT2D eigenvalue weighted by Gasteiger charge is 2.26. The van der Waals surface area contributed by atoms with Crippen molar-refractivity contribution in [2.45, 2.75) is 31.8 Å². The van der Waals surface area contributed by atoms with Gasteiger partial charge in [-0.25, -0.2) is 0 Å². The molecule has 0 aliphatic carbocycles. The van der Waals surface area contributed by atoms with E-state index in [1.54, 1.807) is 7.11 Å². The maximum Gasteiger partial charge on any atom is 0.119 e. The second-order valence-corrected chi connectivity index (χ2v) is 6.12. The quantitative estimate of drug-likeness (QED) is 0.932. The first-order chi connectivity index (χ1) is 10.2. The first-order valence-corrected chi connectivity index (χ1v) is 7.58. The van der Waals surface area contributed by atoms with Crippen LogP contribution in [0.15, 0.2) is 36.4 Å². The van der Waals surface area contributed by atoms with Gasteiger partial charge in [-0.2, -0.15) is 0 Å². The molecule has 0 aromatic heterocycles. The summed E-state index contributed by atoms with van der Waals surface area (Å²) in [6.07, 6.45) is 2.32. The lowest BCUT2D eigenvalue weighted by Gasteiger charge is -2.34. The molecule has 2 aromatic carbocycles. The molecule has 1 aliphatic rings. The second-order valence-electron chi connectivity index (χ2n) is 6.12. The highest BCUT2D eigenvalue weighted by Crippen LogP contribution is 2.23. The SMILES string of the molecule is COc1ccc2cc(CNC3(C)CCCOC3)ccc2c1. The summed E-state index contributed by atoms with van der Waals surface area (Å²) in [5.74, 6) is 0.903. The average Bonchev–Trinajstić information content (AvgIpc) is 2.53. The molecule has 1 heterocycles. The number of hydrogen-bond donors (Lipinski definition) is 1. The normalized spacial score (nSPS) is 22.4. The molecule has 0 radical (unpaired) electrons. The molecule has 1 aliphatic heterocycles. The fraction of sp³-hybridized carbons (Fsp3) is 0.444. The van der Waals surface area contributed by atoms with Crippen molar-refractivity contribution in [3.8, 4) is 5.75 Å². The van der Waals surface area contributed by atoms with E-state index in [0.29, 0.717) is 0 Å². The van der Waals surface area contributed by atoms with Crippen LogP contribution in [0.5, 0.6) is 5.75 Å². The third kappa shape index (κ3) is 3.36. The largest absolute Gasteiger partial charge is 0.497 e. The van der Waals surface area contributed by atoms with Crippen molar-refractivity contribution in [1.29, 1.82) is 0 Å². The van der Waals surface area contributed by atoms with Crippen LogP contribution in [-0.2, 0) is 11.3 Å². The van der Waals surface area contributed by atoms with Crippen LogP contribution >= 0.6 is 0 Å². The van der Waals surface area contributed by atoms with Gasteiger partial charge in [0, 0.05) is 18.7 Å². The van der Waals surface area contributed by atoms with Gasteiger partial charge in [0.25, 0.3) is 0 Å². The predicted octanol–water partition coefficient (Wildman–Crippen LogP) is 3.51. The summed E-state index contributed by atoms with van der Waals surface area (Å²) in [4.78, 5) is 0. The average molecular weight is 285 g/mol. The van der Waals surface area contributed by atoms with Crippen molar-refractivity contribution in [3.05, 3.63) is 42.0 Å². The highest BCUT2D eigenvalue weighted by atomic mass is 16.5. The lowest BCUT2D eigenvalue weighted by molar-refractivity contribution is 0.0278. The van der Waals surface area contributed by atoms with Gasteiger partial charge in [-0.3, -0.25) is 0 Å². The smallest absolute Gasteiger partial charge is 0.119 e. The zero-order chi connectivity index (χ0) is 14.7. The van der Waals surface area contributed by atoms with Gasteiger partial charge in [0.1, 0.15) is 5.75 Å². The summed E-state index contributed by atoms with van der Waals surface area (Å²) in [5.41, 5.74) is 1.41. The van der Waals surface area contributed by atoms with Gasteiger partial charge >= 0.3 is 0 Å². The third-order valence-electron chi connectivity index (χ3n) is 4.27. The molecule has 3 rings (SSSR count). The minimum Gasteiger partial charge on any atom is -0.497 e. The minimum absolute atomic E-state index is 0.104. The Morgan fingerprint density at radius 1 is 1.19 bits per heavy atom. The number of benzene rings is 2. The van der Waals surface area contributed by atoms with E-state index in [1.165, 1.54) is 22.8 Å². The van der Waals surface area contributed by atoms with E-state index in [0.717, 1.165) is 31.9 Å². The van der Waals surface area contributed by atoms with Crippen molar-refractivity contribution in [1.82, 2.24) is 5.32 Å². The molecule has 1 N–H and O–H groups in total. The van der Waals surface area contributed by atoms with Gasteiger partial charge in [0.2, 0.25) is 0 Å². The summed E-state index contributed by atoms with van der Waals surface area (Å²) >= 11 is 0. The first-order valence-electron chi connectivity index (χ1n) is 7.58. The molecule has 0 saturated carbocycles. The number of fused-ring (bicyclic) bond motifs is 1. The van der Waals surface area contributed by atoms with Crippen LogP contribution in [-0.4, -0.2) is 25.9 Å². The Balaban J connectivity index is 1.72. The van der Waals surface area contributed by atoms with Crippen LogP contribution in [0.1, 0.15) is 25.3 Å². The highest BCUT2D eigenvalue weighted by molar-refractivity contribution is 5.84. The standard InChI is InChI=1S/C18H23NO2/c1-18(8-3-9-21-13-18)19-12-14-4-5-16-11-17(20-2)7-6-15(16)10-14/h4-7,10-11,19H,3,8-9,12-13H2,1-2H3. The topological polar surface area (TPSA) is 30.5 Å². The molecule has 0 bridgehead atoms. The third-order valence-corrected chi connectivity index (χ3v) is 4.27. The monoisotopic (exact) mass is 285 g/mol. The number of nitrogens with one attached hydrogen (secondary N) is 1. The Morgan fingerprint density at radius 3 is 2.76 bits per heavy atom. The van der Waals surface area contributed by atoms with Crippen molar-refractivity contribution < 1.29 is 9.47 Å². The van der Waals surface area contributed by atoms with Crippen molar-refractivity contribution >= 4 is 10.8 Å². The fourth-order valence-electron chi connectivity index (χ4n) is 2.90. The molecule has 0 spiro atoms. The van der Waals surface area contributed by atoms with E-state index < -0.39 is 0 Å². The number of ether oxygens (including phenoxy) is 2. The van der Waals surface area contributed by atoms with E-state index in [-0.39, 0.29) is 5.54 Å². The van der Waals surface area contributed by atoms with Crippen molar-refractivity contribution in [3.63, 3.8) is 0 Å². The molecule has 1 saturated heterocycles. The molecular weight excluding hydrogens is 262 g/mol. The zero-order valence-electron chi connectivity index (χ0n) is 12.8. The van der Waals surface area contributed by atoms with Gasteiger partial charge in [0.15, 0.2) is 0 Å². The molecule has 1 atom stereocenters. The van der Waals surface area contributed by atoms with Crippen LogP contribution in [0.3, 0.4) is 0 Å². The zero-order valence-corrected chi connectivity index (χ0v) is 12.8. The van der Waals surface area contributed by atoms with Crippen LogP contribution in [0.4, 0.5) is 0 Å². The maximum absolute atomic E-state index is 5.59. The number of methoxy groups -OCH3 is 1. The summed E-state index contributed by atoms with van der Waals surface area (Å²) in [6.45, 7) is 4.83. The Labute approximate surface area is 126 Å². The molecule has 112 valence electrons. The van der Waals surface area contributed by atoms with Gasteiger partial charge in [-0.15, -0.1) is 0 Å². The summed E-state index contributed by atoms with van der Waals surface area (Å²) in [5, 5.41) is 6.12. The molecule has 21 heavy (non-hydrogen) atoms. The van der Waals surface area contributed by atoms with E-state index in [2.05, 4.69) is 42.6 Å². The fourth-order valence-corrected chi connectivity index (χ4v) is 2.90. The summed E-state index contributed by atoms with van der Waals surface area (Å²) < 4.78 is 10.9. The van der Waals surface area contributed by atoms with Crippen molar-refractivity contribution in [2.24, 2.45) is 0 Å². The lowest BCUT2D eigenvalue weighted by Crippen LogP contribution is -2.48. The van der Waals surface area contributed by atoms with Gasteiger partial charge in [0.05, 0.1) is 13.7 Å². The van der Waals surface area contributed by atoms with E-state index in [1.807, 2.05) is 6.07 Å². The molecule has 1 fully saturated rings. The van der Waals surface area contributed by atoms with Crippen LogP contribution < -0.4 is 10.1 Å². The predicted molar refractivity (Wildman–Crippen MR) is 85.8 cm³/mol. The van der Waals surface area contributed by atoms with Gasteiger partial charge in [-0.05, 0) is 54.3 Å². The van der Waals surface area contributed by atoms with E-state index in [9.17, 15) is 0 Å². The van der Waals surface area contributed by atoms with Crippen LogP contribution in [0.25, 0.3) is 10.8 Å². The van der Waals surface area contributed by atoms with E-state index >= 15 is 0 Å². The van der Waals surface area contributed by atoms with Crippen LogP contribution in [0, 0.1) is 0 Å². The molecular formula is C18H23NO2. The minimum atomic E-state index is 0.104. The maximum atomic E-state index is 5.59. The number of hydrogen-bond acceptors (Lipinski definition) is 3. The van der Waals surface area contributed by atoms with E-state index in [4.69, 9.17) is 9.47 Å². The first kappa shape index (κ1) is 14.4. The summed E-state index contributed by atoms with van der Waals surface area (Å²) in [6, 6.07) is 12.8. The number of rotatable bonds is 4. The Hall–Kier alpha value is -1.58. The lowest BCUT2D eigenvalue weighted by atomic mass is 9.94. The molecule has 3 nitrogen and oxygen atoms in total.